The lowest BCUT2D eigenvalue weighted by atomic mass is 10.0. The Labute approximate surface area is 120 Å². The fourth-order valence-corrected chi connectivity index (χ4v) is 2.60. The van der Waals surface area contributed by atoms with E-state index in [0.29, 0.717) is 12.0 Å². The van der Waals surface area contributed by atoms with Gasteiger partial charge in [0.2, 0.25) is 0 Å². The molecule has 0 aliphatic heterocycles. The van der Waals surface area contributed by atoms with Gasteiger partial charge in [0.1, 0.15) is 5.75 Å². The minimum Gasteiger partial charge on any atom is -0.434 e. The zero-order chi connectivity index (χ0) is 13.9. The minimum absolute atomic E-state index is 0.243. The van der Waals surface area contributed by atoms with Crippen molar-refractivity contribution in [3.05, 3.63) is 28.2 Å². The number of rotatable bonds is 7. The van der Waals surface area contributed by atoms with Crippen LogP contribution in [-0.2, 0) is 6.54 Å². The van der Waals surface area contributed by atoms with Gasteiger partial charge >= 0.3 is 6.61 Å². The zero-order valence-corrected chi connectivity index (χ0v) is 12.5. The van der Waals surface area contributed by atoms with E-state index in [1.165, 1.54) is 19.3 Å². The Balaban J connectivity index is 1.95. The highest BCUT2D eigenvalue weighted by Crippen LogP contribution is 2.47. The van der Waals surface area contributed by atoms with Crippen molar-refractivity contribution in [2.75, 3.05) is 6.54 Å². The fourth-order valence-electron chi connectivity index (χ4n) is 2.19. The number of alkyl halides is 2. The summed E-state index contributed by atoms with van der Waals surface area (Å²) in [6.07, 6.45) is 3.68. The predicted octanol–water partition coefficient (Wildman–Crippen LogP) is 4.33. The number of nitrogens with one attached hydrogen (secondary N) is 1. The fraction of sp³-hybridized carbons (Fsp3) is 0.571. The van der Waals surface area contributed by atoms with Crippen LogP contribution < -0.4 is 10.1 Å². The van der Waals surface area contributed by atoms with Crippen molar-refractivity contribution in [1.82, 2.24) is 5.32 Å². The lowest BCUT2D eigenvalue weighted by Gasteiger charge is -2.15. The number of halogens is 3. The van der Waals surface area contributed by atoms with E-state index in [9.17, 15) is 8.78 Å². The molecule has 5 heteroatoms. The largest absolute Gasteiger partial charge is 0.434 e. The summed E-state index contributed by atoms with van der Waals surface area (Å²) in [6, 6.07) is 5.09. The first kappa shape index (κ1) is 14.7. The van der Waals surface area contributed by atoms with Crippen molar-refractivity contribution in [3.8, 4) is 5.75 Å². The van der Waals surface area contributed by atoms with Gasteiger partial charge in [0.05, 0.1) is 0 Å². The third-order valence-corrected chi connectivity index (χ3v) is 4.25. The molecule has 1 aliphatic carbocycles. The molecule has 0 aromatic heterocycles. The molecule has 2 rings (SSSR count). The molecule has 1 fully saturated rings. The highest BCUT2D eigenvalue weighted by molar-refractivity contribution is 9.10. The molecule has 0 unspecified atom stereocenters. The molecule has 1 aromatic carbocycles. The molecule has 19 heavy (non-hydrogen) atoms. The van der Waals surface area contributed by atoms with Gasteiger partial charge in [-0.1, -0.05) is 22.9 Å². The van der Waals surface area contributed by atoms with Crippen molar-refractivity contribution in [2.24, 2.45) is 5.41 Å². The summed E-state index contributed by atoms with van der Waals surface area (Å²) in [7, 11) is 0. The van der Waals surface area contributed by atoms with Gasteiger partial charge in [-0.3, -0.25) is 0 Å². The molecule has 0 bridgehead atoms. The molecule has 0 amide bonds. The van der Waals surface area contributed by atoms with E-state index < -0.39 is 6.61 Å². The van der Waals surface area contributed by atoms with Crippen molar-refractivity contribution in [3.63, 3.8) is 0 Å². The molecule has 1 aliphatic rings. The molecular formula is C14H18BrF2NO. The van der Waals surface area contributed by atoms with Gasteiger partial charge in [0.25, 0.3) is 0 Å². The minimum atomic E-state index is -2.79. The van der Waals surface area contributed by atoms with Crippen LogP contribution in [0.1, 0.15) is 31.7 Å². The van der Waals surface area contributed by atoms with Gasteiger partial charge in [-0.15, -0.1) is 0 Å². The summed E-state index contributed by atoms with van der Waals surface area (Å²) in [5.74, 6) is 0.243. The number of benzene rings is 1. The van der Waals surface area contributed by atoms with Gasteiger partial charge in [-0.05, 0) is 42.9 Å². The van der Waals surface area contributed by atoms with E-state index in [1.54, 1.807) is 12.1 Å². The Morgan fingerprint density at radius 3 is 2.74 bits per heavy atom. The quantitative estimate of drug-likeness (QED) is 0.801. The molecule has 0 spiro atoms. The van der Waals surface area contributed by atoms with Gasteiger partial charge < -0.3 is 10.1 Å². The first-order valence-corrected chi connectivity index (χ1v) is 7.28. The smallest absolute Gasteiger partial charge is 0.387 e. The van der Waals surface area contributed by atoms with Crippen LogP contribution in [-0.4, -0.2) is 13.2 Å². The van der Waals surface area contributed by atoms with Crippen LogP contribution in [0.2, 0.25) is 0 Å². The molecule has 0 heterocycles. The van der Waals surface area contributed by atoms with Crippen LogP contribution in [0, 0.1) is 5.41 Å². The van der Waals surface area contributed by atoms with E-state index in [-0.39, 0.29) is 5.75 Å². The Bertz CT molecular complexity index is 435. The SMILES string of the molecule is CCC1(CNCc2cc(Br)ccc2OC(F)F)CC1. The molecule has 2 nitrogen and oxygen atoms in total. The van der Waals surface area contributed by atoms with E-state index in [1.807, 2.05) is 6.07 Å². The Hall–Kier alpha value is -0.680. The molecule has 0 radical (unpaired) electrons. The maximum Gasteiger partial charge on any atom is 0.387 e. The molecule has 1 N–H and O–H groups in total. The lowest BCUT2D eigenvalue weighted by molar-refractivity contribution is -0.0505. The summed E-state index contributed by atoms with van der Waals surface area (Å²) in [5, 5.41) is 3.35. The molecule has 0 saturated heterocycles. The number of ether oxygens (including phenoxy) is 1. The maximum atomic E-state index is 12.3. The molecule has 1 aromatic rings. The normalized spacial score (nSPS) is 16.7. The summed E-state index contributed by atoms with van der Waals surface area (Å²) < 4.78 is 30.0. The Morgan fingerprint density at radius 2 is 2.16 bits per heavy atom. The highest BCUT2D eigenvalue weighted by atomic mass is 79.9. The van der Waals surface area contributed by atoms with Crippen LogP contribution in [0.25, 0.3) is 0 Å². The summed E-state index contributed by atoms with van der Waals surface area (Å²) >= 11 is 3.35. The Kier molecular flexibility index (Phi) is 4.79. The maximum absolute atomic E-state index is 12.3. The zero-order valence-electron chi connectivity index (χ0n) is 10.9. The van der Waals surface area contributed by atoms with Crippen molar-refractivity contribution >= 4 is 15.9 Å². The van der Waals surface area contributed by atoms with Crippen LogP contribution in [0.3, 0.4) is 0 Å². The first-order chi connectivity index (χ1) is 9.04. The average molecular weight is 334 g/mol. The molecule has 1 saturated carbocycles. The Morgan fingerprint density at radius 1 is 1.42 bits per heavy atom. The summed E-state index contributed by atoms with van der Waals surface area (Å²) in [4.78, 5) is 0. The van der Waals surface area contributed by atoms with Crippen LogP contribution in [0.5, 0.6) is 5.75 Å². The molecular weight excluding hydrogens is 316 g/mol. The molecule has 106 valence electrons. The summed E-state index contributed by atoms with van der Waals surface area (Å²) in [6.45, 7) is 0.886. The van der Waals surface area contributed by atoms with Crippen molar-refractivity contribution in [2.45, 2.75) is 39.3 Å². The molecule has 0 atom stereocenters. The van der Waals surface area contributed by atoms with Gasteiger partial charge in [-0.25, -0.2) is 0 Å². The number of hydrogen-bond donors (Lipinski definition) is 1. The first-order valence-electron chi connectivity index (χ1n) is 6.49. The van der Waals surface area contributed by atoms with E-state index in [2.05, 4.69) is 32.9 Å². The van der Waals surface area contributed by atoms with Crippen LogP contribution in [0.4, 0.5) is 8.78 Å². The van der Waals surface area contributed by atoms with Gasteiger partial charge in [0, 0.05) is 23.1 Å². The second kappa shape index (κ2) is 6.18. The van der Waals surface area contributed by atoms with Gasteiger partial charge in [0.15, 0.2) is 0 Å². The third-order valence-electron chi connectivity index (χ3n) is 3.76. The number of hydrogen-bond acceptors (Lipinski definition) is 2. The van der Waals surface area contributed by atoms with Gasteiger partial charge in [-0.2, -0.15) is 8.78 Å². The van der Waals surface area contributed by atoms with Crippen molar-refractivity contribution < 1.29 is 13.5 Å². The van der Waals surface area contributed by atoms with E-state index in [0.717, 1.165) is 16.6 Å². The van der Waals surface area contributed by atoms with Crippen LogP contribution in [0.15, 0.2) is 22.7 Å². The second-order valence-corrected chi connectivity index (χ2v) is 6.00. The van der Waals surface area contributed by atoms with Crippen LogP contribution >= 0.6 is 15.9 Å². The summed E-state index contributed by atoms with van der Waals surface area (Å²) in [5.41, 5.74) is 1.19. The predicted molar refractivity (Wildman–Crippen MR) is 74.4 cm³/mol. The average Bonchev–Trinajstić information content (AvgIpc) is 3.13. The second-order valence-electron chi connectivity index (χ2n) is 5.09. The van der Waals surface area contributed by atoms with Crippen molar-refractivity contribution in [1.29, 1.82) is 0 Å². The lowest BCUT2D eigenvalue weighted by Crippen LogP contribution is -2.23. The van der Waals surface area contributed by atoms with E-state index in [4.69, 9.17) is 0 Å². The third kappa shape index (κ3) is 4.14. The topological polar surface area (TPSA) is 21.3 Å². The standard InChI is InChI=1S/C14H18BrF2NO/c1-2-14(5-6-14)9-18-8-10-7-11(15)3-4-12(10)19-13(16)17/h3-4,7,13,18H,2,5-6,8-9H2,1H3. The monoisotopic (exact) mass is 333 g/mol. The highest BCUT2D eigenvalue weighted by Gasteiger charge is 2.39. The van der Waals surface area contributed by atoms with E-state index >= 15 is 0 Å².